The van der Waals surface area contributed by atoms with Crippen molar-refractivity contribution in [2.75, 3.05) is 35.5 Å². The third-order valence-corrected chi connectivity index (χ3v) is 4.33. The molecule has 0 aliphatic carbocycles. The van der Waals surface area contributed by atoms with E-state index in [1.807, 2.05) is 0 Å². The van der Waals surface area contributed by atoms with Crippen LogP contribution in [0.4, 0.5) is 0 Å². The maximum Gasteiger partial charge on any atom is 0.347 e. The van der Waals surface area contributed by atoms with E-state index in [1.54, 1.807) is 18.2 Å². The third kappa shape index (κ3) is 3.02. The predicted octanol–water partition coefficient (Wildman–Crippen LogP) is 3.21. The highest BCUT2D eigenvalue weighted by Gasteiger charge is 2.23. The summed E-state index contributed by atoms with van der Waals surface area (Å²) in [6.45, 7) is 0. The Bertz CT molecular complexity index is 1060. The van der Waals surface area contributed by atoms with E-state index in [1.165, 1.54) is 41.6 Å². The molecule has 0 aliphatic heterocycles. The molecule has 28 heavy (non-hydrogen) atoms. The zero-order chi connectivity index (χ0) is 20.4. The standard InChI is InChI=1S/C20H20O8/c1-23-11-8-12(24-2)17-13(9-11)28-20(22)16(18(17)21)10-6-14(25-3)19(27-5)15(7-10)26-4/h6-9,21H,1-5H3. The van der Waals surface area contributed by atoms with Crippen LogP contribution in [0.15, 0.2) is 33.5 Å². The second kappa shape index (κ2) is 7.59. The van der Waals surface area contributed by atoms with Crippen molar-refractivity contribution in [2.24, 2.45) is 0 Å². The first-order valence-corrected chi connectivity index (χ1v) is 8.21. The molecule has 1 N–H and O–H groups in total. The van der Waals surface area contributed by atoms with E-state index in [-0.39, 0.29) is 22.3 Å². The van der Waals surface area contributed by atoms with Gasteiger partial charge in [0.15, 0.2) is 11.5 Å². The highest BCUT2D eigenvalue weighted by molar-refractivity contribution is 5.96. The van der Waals surface area contributed by atoms with E-state index in [9.17, 15) is 9.90 Å². The van der Waals surface area contributed by atoms with Crippen LogP contribution in [0.25, 0.3) is 22.1 Å². The van der Waals surface area contributed by atoms with Crippen LogP contribution in [0.5, 0.6) is 34.5 Å². The summed E-state index contributed by atoms with van der Waals surface area (Å²) < 4.78 is 31.9. The van der Waals surface area contributed by atoms with Crippen LogP contribution >= 0.6 is 0 Å². The van der Waals surface area contributed by atoms with Crippen molar-refractivity contribution in [2.45, 2.75) is 0 Å². The number of ether oxygens (including phenoxy) is 5. The van der Waals surface area contributed by atoms with Gasteiger partial charge in [0, 0.05) is 17.7 Å². The molecular weight excluding hydrogens is 368 g/mol. The van der Waals surface area contributed by atoms with Gasteiger partial charge in [-0.2, -0.15) is 0 Å². The first kappa shape index (κ1) is 19.2. The maximum absolute atomic E-state index is 12.7. The highest BCUT2D eigenvalue weighted by atomic mass is 16.5. The minimum Gasteiger partial charge on any atom is -0.506 e. The SMILES string of the molecule is COc1cc(OC)c2c(O)c(-c3cc(OC)c(OC)c(OC)c3)c(=O)oc2c1. The van der Waals surface area contributed by atoms with E-state index in [0.29, 0.717) is 34.3 Å². The largest absolute Gasteiger partial charge is 0.506 e. The fourth-order valence-corrected chi connectivity index (χ4v) is 3.01. The van der Waals surface area contributed by atoms with Gasteiger partial charge in [-0.3, -0.25) is 0 Å². The summed E-state index contributed by atoms with van der Waals surface area (Å²) >= 11 is 0. The molecule has 0 atom stereocenters. The number of hydrogen-bond donors (Lipinski definition) is 1. The molecular formula is C20H20O8. The Morgan fingerprint density at radius 1 is 0.786 bits per heavy atom. The van der Waals surface area contributed by atoms with Crippen LogP contribution in [0.1, 0.15) is 0 Å². The predicted molar refractivity (Wildman–Crippen MR) is 102 cm³/mol. The van der Waals surface area contributed by atoms with Gasteiger partial charge in [-0.1, -0.05) is 0 Å². The number of rotatable bonds is 6. The minimum absolute atomic E-state index is 0.0600. The van der Waals surface area contributed by atoms with Gasteiger partial charge in [0.2, 0.25) is 5.75 Å². The Morgan fingerprint density at radius 3 is 1.89 bits per heavy atom. The molecule has 148 valence electrons. The maximum atomic E-state index is 12.7. The van der Waals surface area contributed by atoms with Gasteiger partial charge in [0.1, 0.15) is 33.8 Å². The van der Waals surface area contributed by atoms with Crippen molar-refractivity contribution in [1.82, 2.24) is 0 Å². The summed E-state index contributed by atoms with van der Waals surface area (Å²) in [6.07, 6.45) is 0. The first-order valence-electron chi connectivity index (χ1n) is 8.21. The number of fused-ring (bicyclic) bond motifs is 1. The van der Waals surface area contributed by atoms with Crippen molar-refractivity contribution in [3.8, 4) is 45.6 Å². The average molecular weight is 388 g/mol. The summed E-state index contributed by atoms with van der Waals surface area (Å²) in [5, 5.41) is 11.2. The molecule has 0 fully saturated rings. The van der Waals surface area contributed by atoms with E-state index in [0.717, 1.165) is 0 Å². The van der Waals surface area contributed by atoms with E-state index >= 15 is 0 Å². The Kier molecular flexibility index (Phi) is 5.21. The second-order valence-corrected chi connectivity index (χ2v) is 5.73. The summed E-state index contributed by atoms with van der Waals surface area (Å²) in [5.41, 5.74) is -0.333. The van der Waals surface area contributed by atoms with Gasteiger partial charge < -0.3 is 33.2 Å². The summed E-state index contributed by atoms with van der Waals surface area (Å²) in [6, 6.07) is 6.18. The van der Waals surface area contributed by atoms with Crippen LogP contribution < -0.4 is 29.3 Å². The molecule has 0 unspecified atom stereocenters. The number of benzene rings is 2. The fraction of sp³-hybridized carbons (Fsp3) is 0.250. The highest BCUT2D eigenvalue weighted by Crippen LogP contribution is 2.45. The Hall–Kier alpha value is -3.55. The quantitative estimate of drug-likeness (QED) is 0.643. The van der Waals surface area contributed by atoms with Crippen LogP contribution in [0, 0.1) is 0 Å². The lowest BCUT2D eigenvalue weighted by Gasteiger charge is -2.15. The number of aromatic hydroxyl groups is 1. The lowest BCUT2D eigenvalue weighted by Crippen LogP contribution is -2.05. The third-order valence-electron chi connectivity index (χ3n) is 4.33. The number of methoxy groups -OCH3 is 5. The smallest absolute Gasteiger partial charge is 0.347 e. The molecule has 0 amide bonds. The van der Waals surface area contributed by atoms with Crippen LogP contribution in [0.3, 0.4) is 0 Å². The molecule has 0 saturated carbocycles. The van der Waals surface area contributed by atoms with Crippen molar-refractivity contribution >= 4 is 11.0 Å². The fourth-order valence-electron chi connectivity index (χ4n) is 3.01. The molecule has 3 aromatic rings. The molecule has 1 heterocycles. The monoisotopic (exact) mass is 388 g/mol. The van der Waals surface area contributed by atoms with Crippen molar-refractivity contribution in [3.05, 3.63) is 34.7 Å². The lowest BCUT2D eigenvalue weighted by molar-refractivity contribution is 0.324. The number of hydrogen-bond acceptors (Lipinski definition) is 8. The van der Waals surface area contributed by atoms with E-state index in [4.69, 9.17) is 28.1 Å². The Balaban J connectivity index is 2.37. The van der Waals surface area contributed by atoms with Crippen LogP contribution in [-0.4, -0.2) is 40.7 Å². The van der Waals surface area contributed by atoms with Crippen molar-refractivity contribution < 1.29 is 33.2 Å². The van der Waals surface area contributed by atoms with E-state index in [2.05, 4.69) is 0 Å². The molecule has 8 nitrogen and oxygen atoms in total. The minimum atomic E-state index is -0.741. The van der Waals surface area contributed by atoms with Crippen LogP contribution in [-0.2, 0) is 0 Å². The van der Waals surface area contributed by atoms with Gasteiger partial charge in [0.25, 0.3) is 0 Å². The van der Waals surface area contributed by atoms with Gasteiger partial charge in [-0.05, 0) is 12.1 Å². The second-order valence-electron chi connectivity index (χ2n) is 5.73. The molecule has 1 aromatic heterocycles. The van der Waals surface area contributed by atoms with Crippen LogP contribution in [0.2, 0.25) is 0 Å². The summed E-state index contributed by atoms with van der Waals surface area (Å²) in [5.74, 6) is 1.45. The zero-order valence-electron chi connectivity index (χ0n) is 16.1. The van der Waals surface area contributed by atoms with Gasteiger partial charge in [-0.15, -0.1) is 0 Å². The average Bonchev–Trinajstić information content (AvgIpc) is 2.71. The summed E-state index contributed by atoms with van der Waals surface area (Å²) in [7, 11) is 7.30. The molecule has 0 spiro atoms. The molecule has 0 radical (unpaired) electrons. The first-order chi connectivity index (χ1) is 13.5. The molecule has 3 rings (SSSR count). The van der Waals surface area contributed by atoms with E-state index < -0.39 is 5.63 Å². The Morgan fingerprint density at radius 2 is 1.39 bits per heavy atom. The van der Waals surface area contributed by atoms with Crippen molar-refractivity contribution in [1.29, 1.82) is 0 Å². The van der Waals surface area contributed by atoms with Gasteiger partial charge >= 0.3 is 5.63 Å². The van der Waals surface area contributed by atoms with Gasteiger partial charge in [-0.25, -0.2) is 4.79 Å². The normalized spacial score (nSPS) is 10.6. The molecule has 0 saturated heterocycles. The lowest BCUT2D eigenvalue weighted by atomic mass is 10.0. The molecule has 0 aliphatic rings. The Labute approximate surface area is 160 Å². The zero-order valence-corrected chi connectivity index (χ0v) is 16.1. The summed E-state index contributed by atoms with van der Waals surface area (Å²) in [4.78, 5) is 12.7. The molecule has 0 bridgehead atoms. The molecule has 2 aromatic carbocycles. The molecule has 8 heteroatoms. The van der Waals surface area contributed by atoms with Gasteiger partial charge in [0.05, 0.1) is 35.5 Å². The van der Waals surface area contributed by atoms with Crippen molar-refractivity contribution in [3.63, 3.8) is 0 Å². The topological polar surface area (TPSA) is 96.6 Å².